The van der Waals surface area contributed by atoms with Crippen LogP contribution in [0.2, 0.25) is 0 Å². The van der Waals surface area contributed by atoms with Crippen LogP contribution < -0.4 is 10.3 Å². The third-order valence-electron chi connectivity index (χ3n) is 4.37. The molecule has 0 aliphatic rings. The molecule has 30 heavy (non-hydrogen) atoms. The maximum Gasteiger partial charge on any atom is 0.255 e. The van der Waals surface area contributed by atoms with Crippen LogP contribution in [0.25, 0.3) is 17.8 Å². The molecule has 6 heteroatoms. The Bertz CT molecular complexity index is 1140. The van der Waals surface area contributed by atoms with Crippen LogP contribution in [0.1, 0.15) is 30.5 Å². The van der Waals surface area contributed by atoms with Crippen LogP contribution in [0.4, 0.5) is 8.78 Å². The minimum atomic E-state index is -0.939. The van der Waals surface area contributed by atoms with Crippen molar-refractivity contribution in [3.63, 3.8) is 0 Å². The zero-order chi connectivity index (χ0) is 21.9. The van der Waals surface area contributed by atoms with Gasteiger partial charge in [0.25, 0.3) is 5.56 Å². The molecule has 0 atom stereocenters. The Kier molecular flexibility index (Phi) is 6.17. The first-order valence-electron chi connectivity index (χ1n) is 9.44. The average Bonchev–Trinajstić information content (AvgIpc) is 2.67. The first-order valence-corrected chi connectivity index (χ1v) is 9.44. The number of halogens is 2. The fourth-order valence-electron chi connectivity index (χ4n) is 2.82. The van der Waals surface area contributed by atoms with Crippen molar-refractivity contribution in [3.8, 4) is 11.4 Å². The number of nitrogens with zero attached hydrogens (tertiary/aromatic N) is 1. The van der Waals surface area contributed by atoms with Crippen LogP contribution in [0.5, 0.6) is 5.75 Å². The molecule has 3 aromatic rings. The molecule has 0 saturated heterocycles. The molecule has 0 fully saturated rings. The molecule has 1 N–H and O–H groups in total. The average molecular weight is 411 g/mol. The minimum absolute atomic E-state index is 0.159. The molecule has 0 unspecified atom stereocenters. The van der Waals surface area contributed by atoms with E-state index in [1.54, 1.807) is 50.4 Å². The van der Waals surface area contributed by atoms with Gasteiger partial charge in [-0.1, -0.05) is 18.2 Å². The highest BCUT2D eigenvalue weighted by Crippen LogP contribution is 2.22. The Morgan fingerprint density at radius 3 is 2.30 bits per heavy atom. The zero-order valence-electron chi connectivity index (χ0n) is 17.0. The maximum atomic E-state index is 13.3. The highest BCUT2D eigenvalue weighted by Gasteiger charge is 2.14. The number of rotatable bonds is 6. The molecule has 0 radical (unpaired) electrons. The summed E-state index contributed by atoms with van der Waals surface area (Å²) >= 11 is 0. The van der Waals surface area contributed by atoms with Gasteiger partial charge in [0, 0.05) is 18.0 Å². The molecular weight excluding hydrogens is 388 g/mol. The lowest BCUT2D eigenvalue weighted by atomic mass is 10.1. The zero-order valence-corrected chi connectivity index (χ0v) is 17.0. The molecule has 0 saturated carbocycles. The van der Waals surface area contributed by atoms with Crippen LogP contribution >= 0.6 is 0 Å². The molecule has 0 amide bonds. The van der Waals surface area contributed by atoms with E-state index in [0.29, 0.717) is 22.6 Å². The summed E-state index contributed by atoms with van der Waals surface area (Å²) in [5.41, 5.74) is 1.49. The number of aliphatic hydroxyl groups is 1. The van der Waals surface area contributed by atoms with E-state index >= 15 is 0 Å². The van der Waals surface area contributed by atoms with Crippen molar-refractivity contribution in [1.82, 2.24) is 4.57 Å². The number of hydrogen-bond acceptors (Lipinski definition) is 3. The summed E-state index contributed by atoms with van der Waals surface area (Å²) in [6.45, 7) is 5.36. The Morgan fingerprint density at radius 2 is 1.70 bits per heavy atom. The lowest BCUT2D eigenvalue weighted by Crippen LogP contribution is -2.28. The Morgan fingerprint density at radius 1 is 1.00 bits per heavy atom. The van der Waals surface area contributed by atoms with Crippen molar-refractivity contribution in [3.05, 3.63) is 93.4 Å². The van der Waals surface area contributed by atoms with Crippen molar-refractivity contribution < 1.29 is 18.6 Å². The van der Waals surface area contributed by atoms with Gasteiger partial charge in [-0.2, -0.15) is 0 Å². The van der Waals surface area contributed by atoms with Gasteiger partial charge in [-0.25, -0.2) is 8.78 Å². The first-order chi connectivity index (χ1) is 14.1. The van der Waals surface area contributed by atoms with E-state index in [1.165, 1.54) is 16.7 Å². The molecule has 3 rings (SSSR count). The maximum absolute atomic E-state index is 13.3. The summed E-state index contributed by atoms with van der Waals surface area (Å²) in [7, 11) is 0. The second-order valence-electron chi connectivity index (χ2n) is 7.73. The van der Waals surface area contributed by atoms with Gasteiger partial charge in [-0.15, -0.1) is 0 Å². The van der Waals surface area contributed by atoms with Gasteiger partial charge >= 0.3 is 0 Å². The van der Waals surface area contributed by atoms with Gasteiger partial charge in [-0.05, 0) is 73.9 Å². The van der Waals surface area contributed by atoms with Gasteiger partial charge in [-0.3, -0.25) is 9.36 Å². The van der Waals surface area contributed by atoms with Crippen LogP contribution in [0.15, 0.2) is 59.5 Å². The number of pyridine rings is 1. The fraction of sp³-hybridized carbons (Fsp3) is 0.208. The van der Waals surface area contributed by atoms with E-state index in [0.717, 1.165) is 17.7 Å². The monoisotopic (exact) mass is 411 g/mol. The van der Waals surface area contributed by atoms with Gasteiger partial charge in [0.2, 0.25) is 0 Å². The quantitative estimate of drug-likeness (QED) is 0.637. The summed E-state index contributed by atoms with van der Waals surface area (Å²) in [6.07, 6.45) is 4.93. The Labute approximate surface area is 173 Å². The molecule has 0 spiro atoms. The SMILES string of the molecule is Cc1cc(-n2ccc(C=Cc3ccc(F)c(F)c3)cc2=O)ccc1OCC(C)(C)O. The predicted octanol–water partition coefficient (Wildman–Crippen LogP) is 4.74. The van der Waals surface area contributed by atoms with Gasteiger partial charge in [0.05, 0.1) is 5.60 Å². The first kappa shape index (κ1) is 21.5. The normalized spacial score (nSPS) is 11.8. The van der Waals surface area contributed by atoms with E-state index in [4.69, 9.17) is 4.74 Å². The third-order valence-corrected chi connectivity index (χ3v) is 4.37. The lowest BCUT2D eigenvalue weighted by molar-refractivity contribution is 0.0282. The van der Waals surface area contributed by atoms with Crippen LogP contribution in [-0.2, 0) is 0 Å². The van der Waals surface area contributed by atoms with Crippen molar-refractivity contribution >= 4 is 12.2 Å². The number of ether oxygens (including phenoxy) is 1. The lowest BCUT2D eigenvalue weighted by Gasteiger charge is -2.19. The van der Waals surface area contributed by atoms with E-state index in [1.807, 2.05) is 13.0 Å². The summed E-state index contributed by atoms with van der Waals surface area (Å²) in [4.78, 5) is 12.6. The largest absolute Gasteiger partial charge is 0.490 e. The van der Waals surface area contributed by atoms with Crippen molar-refractivity contribution in [1.29, 1.82) is 0 Å². The highest BCUT2D eigenvalue weighted by atomic mass is 19.2. The number of hydrogen-bond donors (Lipinski definition) is 1. The molecule has 1 heterocycles. The molecule has 4 nitrogen and oxygen atoms in total. The van der Waals surface area contributed by atoms with Crippen LogP contribution in [0.3, 0.4) is 0 Å². The van der Waals surface area contributed by atoms with E-state index < -0.39 is 17.2 Å². The Balaban J connectivity index is 1.79. The molecule has 0 aliphatic carbocycles. The number of aromatic nitrogens is 1. The van der Waals surface area contributed by atoms with Crippen molar-refractivity contribution in [2.45, 2.75) is 26.4 Å². The molecule has 0 bridgehead atoms. The van der Waals surface area contributed by atoms with E-state index in [2.05, 4.69) is 0 Å². The second-order valence-corrected chi connectivity index (χ2v) is 7.73. The standard InChI is InChI=1S/C24H23F2NO3/c1-16-12-19(7-9-22(16)30-15-24(2,3)29)27-11-10-18(14-23(27)28)5-4-17-6-8-20(25)21(26)13-17/h4-14,29H,15H2,1-3H3. The fourth-order valence-corrected chi connectivity index (χ4v) is 2.82. The highest BCUT2D eigenvalue weighted by molar-refractivity contribution is 5.69. The molecule has 156 valence electrons. The second kappa shape index (κ2) is 8.63. The summed E-state index contributed by atoms with van der Waals surface area (Å²) in [5, 5.41) is 9.80. The van der Waals surface area contributed by atoms with Crippen LogP contribution in [0, 0.1) is 18.6 Å². The molecule has 0 aliphatic heterocycles. The van der Waals surface area contributed by atoms with Gasteiger partial charge in [0.15, 0.2) is 11.6 Å². The van der Waals surface area contributed by atoms with Crippen molar-refractivity contribution in [2.75, 3.05) is 6.61 Å². The third kappa shape index (κ3) is 5.42. The number of aryl methyl sites for hydroxylation is 1. The molecule has 1 aromatic heterocycles. The van der Waals surface area contributed by atoms with Gasteiger partial charge < -0.3 is 9.84 Å². The van der Waals surface area contributed by atoms with E-state index in [-0.39, 0.29) is 12.2 Å². The topological polar surface area (TPSA) is 51.5 Å². The minimum Gasteiger partial charge on any atom is -0.490 e. The smallest absolute Gasteiger partial charge is 0.255 e. The summed E-state index contributed by atoms with van der Waals surface area (Å²) in [5.74, 6) is -1.18. The summed E-state index contributed by atoms with van der Waals surface area (Å²) < 4.78 is 33.4. The van der Waals surface area contributed by atoms with Crippen LogP contribution in [-0.4, -0.2) is 21.9 Å². The predicted molar refractivity (Wildman–Crippen MR) is 114 cm³/mol. The number of benzene rings is 2. The van der Waals surface area contributed by atoms with E-state index in [9.17, 15) is 18.7 Å². The van der Waals surface area contributed by atoms with Gasteiger partial charge in [0.1, 0.15) is 12.4 Å². The Hall–Kier alpha value is -3.25. The van der Waals surface area contributed by atoms with Crippen molar-refractivity contribution in [2.24, 2.45) is 0 Å². The molecule has 2 aromatic carbocycles. The summed E-state index contributed by atoms with van der Waals surface area (Å²) in [6, 6.07) is 12.2. The molecular formula is C24H23F2NO3.